The summed E-state index contributed by atoms with van der Waals surface area (Å²) >= 11 is 3.35. The highest BCUT2D eigenvalue weighted by molar-refractivity contribution is 7.98. The van der Waals surface area contributed by atoms with Crippen LogP contribution in [0.5, 0.6) is 5.75 Å². The zero-order valence-corrected chi connectivity index (χ0v) is 17.0. The van der Waals surface area contributed by atoms with Crippen molar-refractivity contribution in [2.45, 2.75) is 24.6 Å². The Labute approximate surface area is 166 Å². The average Bonchev–Trinajstić information content (AvgIpc) is 3.08. The van der Waals surface area contributed by atoms with Crippen LogP contribution in [0.3, 0.4) is 0 Å². The fourth-order valence-electron chi connectivity index (χ4n) is 2.90. The second-order valence-electron chi connectivity index (χ2n) is 6.21. The molecule has 2 heterocycles. The number of hydrogen-bond acceptors (Lipinski definition) is 6. The van der Waals surface area contributed by atoms with Crippen LogP contribution in [0.1, 0.15) is 16.1 Å². The smallest absolute Gasteiger partial charge is 0.146 e. The van der Waals surface area contributed by atoms with Crippen LogP contribution in [0.25, 0.3) is 21.5 Å². The first-order valence-electron chi connectivity index (χ1n) is 8.61. The summed E-state index contributed by atoms with van der Waals surface area (Å²) in [7, 11) is 1.67. The lowest BCUT2D eigenvalue weighted by Gasteiger charge is -2.07. The van der Waals surface area contributed by atoms with Crippen LogP contribution < -0.4 is 4.74 Å². The van der Waals surface area contributed by atoms with Crippen LogP contribution >= 0.6 is 23.1 Å². The molecule has 2 aromatic heterocycles. The minimum Gasteiger partial charge on any atom is -0.497 e. The lowest BCUT2D eigenvalue weighted by Crippen LogP contribution is -1.94. The minimum absolute atomic E-state index is 0.807. The molecule has 0 spiro atoms. The molecule has 0 atom stereocenters. The van der Waals surface area contributed by atoms with Gasteiger partial charge in [0.05, 0.1) is 16.8 Å². The molecule has 4 aromatic rings. The molecule has 4 nitrogen and oxygen atoms in total. The van der Waals surface area contributed by atoms with Gasteiger partial charge in [-0.15, -0.1) is 21.5 Å². The molecule has 0 N–H and O–H groups in total. The fourth-order valence-corrected chi connectivity index (χ4v) is 4.89. The van der Waals surface area contributed by atoms with E-state index in [1.165, 1.54) is 11.1 Å². The quantitative estimate of drug-likeness (QED) is 0.409. The number of thiazole rings is 1. The Bertz CT molecular complexity index is 1110. The van der Waals surface area contributed by atoms with Crippen LogP contribution in [0.15, 0.2) is 53.6 Å². The number of aryl methyl sites for hydroxylation is 2. The molecule has 4 rings (SSSR count). The van der Waals surface area contributed by atoms with Gasteiger partial charge in [-0.25, -0.2) is 4.98 Å². The number of hydrogen-bond donors (Lipinski definition) is 0. The second-order valence-corrected chi connectivity index (χ2v) is 8.38. The molecule has 0 amide bonds. The first kappa shape index (κ1) is 17.9. The van der Waals surface area contributed by atoms with Gasteiger partial charge in [0.15, 0.2) is 0 Å². The molecule has 0 saturated carbocycles. The Morgan fingerprint density at radius 3 is 2.70 bits per heavy atom. The monoisotopic (exact) mass is 393 g/mol. The summed E-state index contributed by atoms with van der Waals surface area (Å²) in [6, 6.07) is 16.3. The summed E-state index contributed by atoms with van der Waals surface area (Å²) in [5.41, 5.74) is 5.38. The number of benzene rings is 2. The van der Waals surface area contributed by atoms with Gasteiger partial charge in [-0.1, -0.05) is 48.2 Å². The molecule has 0 aliphatic heterocycles. The highest BCUT2D eigenvalue weighted by Crippen LogP contribution is 2.37. The van der Waals surface area contributed by atoms with Gasteiger partial charge in [0.25, 0.3) is 0 Å². The Kier molecular flexibility index (Phi) is 5.09. The Morgan fingerprint density at radius 1 is 1.04 bits per heavy atom. The van der Waals surface area contributed by atoms with Gasteiger partial charge in [0.2, 0.25) is 0 Å². The molecule has 0 aliphatic carbocycles. The van der Waals surface area contributed by atoms with E-state index in [1.54, 1.807) is 30.2 Å². The van der Waals surface area contributed by atoms with Gasteiger partial charge in [0.1, 0.15) is 22.0 Å². The van der Waals surface area contributed by atoms with Gasteiger partial charge in [0, 0.05) is 11.3 Å². The van der Waals surface area contributed by atoms with E-state index < -0.39 is 0 Å². The molecule has 0 bridgehead atoms. The number of thioether (sulfide) groups is 1. The zero-order chi connectivity index (χ0) is 18.8. The van der Waals surface area contributed by atoms with E-state index in [2.05, 4.69) is 41.4 Å². The number of nitrogens with zero attached hydrogens (tertiary/aromatic N) is 3. The van der Waals surface area contributed by atoms with Crippen LogP contribution in [-0.4, -0.2) is 22.3 Å². The molecule has 136 valence electrons. The summed E-state index contributed by atoms with van der Waals surface area (Å²) < 4.78 is 6.42. The largest absolute Gasteiger partial charge is 0.497 e. The summed E-state index contributed by atoms with van der Waals surface area (Å²) in [4.78, 5) is 4.74. The number of rotatable bonds is 5. The van der Waals surface area contributed by atoms with Crippen molar-refractivity contribution in [3.8, 4) is 17.0 Å². The third-order valence-corrected chi connectivity index (χ3v) is 6.34. The molecule has 27 heavy (non-hydrogen) atoms. The lowest BCUT2D eigenvalue weighted by molar-refractivity contribution is 0.415. The standard InChI is InChI=1S/C21H19N3OS2/c1-13-7-4-5-8-16(13)12-26-21-19-20(27-14(2)22-19)18(23-24-21)15-9-6-10-17(11-15)25-3/h4-11H,12H2,1-3H3. The van der Waals surface area contributed by atoms with Crippen LogP contribution in [0.2, 0.25) is 0 Å². The van der Waals surface area contributed by atoms with Gasteiger partial charge in [-0.2, -0.15) is 0 Å². The summed E-state index contributed by atoms with van der Waals surface area (Å²) in [5, 5.41) is 11.0. The molecular weight excluding hydrogens is 374 g/mol. The van der Waals surface area contributed by atoms with Crippen molar-refractivity contribution in [2.24, 2.45) is 0 Å². The Hall–Kier alpha value is -2.44. The molecule has 6 heteroatoms. The third kappa shape index (κ3) is 3.68. The molecular formula is C21H19N3OS2. The molecule has 0 unspecified atom stereocenters. The topological polar surface area (TPSA) is 47.9 Å². The van der Waals surface area contributed by atoms with E-state index in [0.717, 1.165) is 43.0 Å². The first-order valence-corrected chi connectivity index (χ1v) is 10.4. The van der Waals surface area contributed by atoms with E-state index in [0.29, 0.717) is 0 Å². The molecule has 2 aromatic carbocycles. The number of ether oxygens (including phenoxy) is 1. The maximum atomic E-state index is 5.35. The summed E-state index contributed by atoms with van der Waals surface area (Å²) in [6.45, 7) is 4.16. The first-order chi connectivity index (χ1) is 13.2. The summed E-state index contributed by atoms with van der Waals surface area (Å²) in [6.07, 6.45) is 0. The van der Waals surface area contributed by atoms with Gasteiger partial charge in [-0.05, 0) is 37.1 Å². The van der Waals surface area contributed by atoms with Crippen molar-refractivity contribution in [1.29, 1.82) is 0 Å². The van der Waals surface area contributed by atoms with Crippen molar-refractivity contribution in [3.05, 3.63) is 64.7 Å². The SMILES string of the molecule is COc1cccc(-c2nnc(SCc3ccccc3C)c3nc(C)sc23)c1. The normalized spacial score (nSPS) is 11.1. The molecule has 0 radical (unpaired) electrons. The predicted molar refractivity (Wildman–Crippen MR) is 113 cm³/mol. The van der Waals surface area contributed by atoms with Crippen molar-refractivity contribution in [3.63, 3.8) is 0 Å². The molecule has 0 fully saturated rings. The van der Waals surface area contributed by atoms with Gasteiger partial charge in [-0.3, -0.25) is 0 Å². The summed E-state index contributed by atoms with van der Waals surface area (Å²) in [5.74, 6) is 1.66. The number of aromatic nitrogens is 3. The van der Waals surface area contributed by atoms with Crippen molar-refractivity contribution < 1.29 is 4.74 Å². The number of fused-ring (bicyclic) bond motifs is 1. The van der Waals surface area contributed by atoms with Crippen molar-refractivity contribution >= 4 is 33.3 Å². The second kappa shape index (κ2) is 7.66. The molecule has 0 aliphatic rings. The number of methoxy groups -OCH3 is 1. The van der Waals surface area contributed by atoms with E-state index in [1.807, 2.05) is 31.2 Å². The van der Waals surface area contributed by atoms with E-state index in [4.69, 9.17) is 9.72 Å². The van der Waals surface area contributed by atoms with Gasteiger partial charge < -0.3 is 4.74 Å². The average molecular weight is 394 g/mol. The van der Waals surface area contributed by atoms with E-state index in [9.17, 15) is 0 Å². The Morgan fingerprint density at radius 2 is 1.89 bits per heavy atom. The van der Waals surface area contributed by atoms with Crippen LogP contribution in [-0.2, 0) is 5.75 Å². The van der Waals surface area contributed by atoms with Gasteiger partial charge >= 0.3 is 0 Å². The minimum atomic E-state index is 0.807. The maximum Gasteiger partial charge on any atom is 0.146 e. The van der Waals surface area contributed by atoms with Crippen molar-refractivity contribution in [1.82, 2.24) is 15.2 Å². The lowest BCUT2D eigenvalue weighted by atomic mass is 10.1. The highest BCUT2D eigenvalue weighted by Gasteiger charge is 2.16. The van der Waals surface area contributed by atoms with Crippen LogP contribution in [0.4, 0.5) is 0 Å². The predicted octanol–water partition coefficient (Wildman–Crippen LogP) is 5.67. The van der Waals surface area contributed by atoms with Crippen LogP contribution in [0, 0.1) is 13.8 Å². The van der Waals surface area contributed by atoms with E-state index >= 15 is 0 Å². The Balaban J connectivity index is 1.73. The fraction of sp³-hybridized carbons (Fsp3) is 0.190. The third-order valence-electron chi connectivity index (χ3n) is 4.36. The zero-order valence-electron chi connectivity index (χ0n) is 15.4. The maximum absolute atomic E-state index is 5.35. The highest BCUT2D eigenvalue weighted by atomic mass is 32.2. The van der Waals surface area contributed by atoms with E-state index in [-0.39, 0.29) is 0 Å². The van der Waals surface area contributed by atoms with Crippen molar-refractivity contribution in [2.75, 3.05) is 7.11 Å². The molecule has 0 saturated heterocycles.